The van der Waals surface area contributed by atoms with Crippen molar-refractivity contribution >= 4 is 37.8 Å². The van der Waals surface area contributed by atoms with Crippen LogP contribution in [0, 0.1) is 5.82 Å². The molecule has 1 N–H and O–H groups in total. The van der Waals surface area contributed by atoms with Crippen molar-refractivity contribution in [2.24, 2.45) is 0 Å². The molecule has 0 atom stereocenters. The van der Waals surface area contributed by atoms with E-state index in [4.69, 9.17) is 0 Å². The summed E-state index contributed by atoms with van der Waals surface area (Å²) in [4.78, 5) is 12.0. The maximum Gasteiger partial charge on any atom is 0.252 e. The van der Waals surface area contributed by atoms with Gasteiger partial charge in [0, 0.05) is 16.3 Å². The zero-order chi connectivity index (χ0) is 14.5. The highest BCUT2D eigenvalue weighted by Gasteiger charge is 2.10. The van der Waals surface area contributed by atoms with Crippen molar-refractivity contribution in [1.29, 1.82) is 0 Å². The third-order valence-electron chi connectivity index (χ3n) is 2.80. The molecule has 0 saturated heterocycles. The molecule has 0 aliphatic carbocycles. The van der Waals surface area contributed by atoms with Gasteiger partial charge in [-0.25, -0.2) is 4.39 Å². The number of rotatable bonds is 4. The van der Waals surface area contributed by atoms with Gasteiger partial charge in [-0.15, -0.1) is 0 Å². The standard InChI is InChI=1S/C15H12Br2FNO/c16-8-10-1-3-11(4-2-10)9-19-15(20)13-7-12(18)5-6-14(13)17/h1-7H,8-9H2,(H,19,20). The molecule has 2 aromatic rings. The van der Waals surface area contributed by atoms with E-state index < -0.39 is 5.82 Å². The van der Waals surface area contributed by atoms with Gasteiger partial charge in [0.05, 0.1) is 5.56 Å². The summed E-state index contributed by atoms with van der Waals surface area (Å²) >= 11 is 6.62. The van der Waals surface area contributed by atoms with Crippen molar-refractivity contribution in [3.63, 3.8) is 0 Å². The van der Waals surface area contributed by atoms with E-state index in [0.717, 1.165) is 10.9 Å². The number of hydrogen-bond donors (Lipinski definition) is 1. The van der Waals surface area contributed by atoms with Crippen LogP contribution in [0.5, 0.6) is 0 Å². The second-order valence-corrected chi connectivity index (χ2v) is 5.67. The minimum Gasteiger partial charge on any atom is -0.348 e. The topological polar surface area (TPSA) is 29.1 Å². The summed E-state index contributed by atoms with van der Waals surface area (Å²) in [5.74, 6) is -0.735. The van der Waals surface area contributed by atoms with Crippen molar-refractivity contribution in [3.05, 3.63) is 69.4 Å². The quantitative estimate of drug-likeness (QED) is 0.756. The third kappa shape index (κ3) is 3.90. The molecule has 0 radical (unpaired) electrons. The molecular formula is C15H12Br2FNO. The van der Waals surface area contributed by atoms with Gasteiger partial charge >= 0.3 is 0 Å². The molecule has 2 rings (SSSR count). The molecule has 0 fully saturated rings. The fourth-order valence-electron chi connectivity index (χ4n) is 1.70. The molecule has 0 aliphatic heterocycles. The maximum atomic E-state index is 13.1. The number of hydrogen-bond acceptors (Lipinski definition) is 1. The Morgan fingerprint density at radius 2 is 1.75 bits per heavy atom. The Morgan fingerprint density at radius 3 is 2.40 bits per heavy atom. The van der Waals surface area contributed by atoms with Gasteiger partial charge in [0.1, 0.15) is 5.82 Å². The van der Waals surface area contributed by atoms with Crippen molar-refractivity contribution in [2.75, 3.05) is 0 Å². The predicted molar refractivity (Wildman–Crippen MR) is 84.3 cm³/mol. The molecular weight excluding hydrogens is 389 g/mol. The Balaban J connectivity index is 2.02. The van der Waals surface area contributed by atoms with Crippen LogP contribution in [0.4, 0.5) is 4.39 Å². The average Bonchev–Trinajstić information content (AvgIpc) is 2.47. The number of alkyl halides is 1. The predicted octanol–water partition coefficient (Wildman–Crippen LogP) is 4.41. The van der Waals surface area contributed by atoms with E-state index in [9.17, 15) is 9.18 Å². The molecule has 0 bridgehead atoms. The highest BCUT2D eigenvalue weighted by Crippen LogP contribution is 2.18. The number of nitrogens with one attached hydrogen (secondary N) is 1. The summed E-state index contributed by atoms with van der Waals surface area (Å²) in [6.45, 7) is 0.407. The van der Waals surface area contributed by atoms with Gasteiger partial charge in [-0.05, 0) is 45.3 Å². The molecule has 2 aromatic carbocycles. The molecule has 2 nitrogen and oxygen atoms in total. The first kappa shape index (κ1) is 15.2. The lowest BCUT2D eigenvalue weighted by Crippen LogP contribution is -2.23. The zero-order valence-electron chi connectivity index (χ0n) is 10.5. The van der Waals surface area contributed by atoms with Gasteiger partial charge < -0.3 is 5.32 Å². The average molecular weight is 401 g/mol. The Bertz CT molecular complexity index is 614. The van der Waals surface area contributed by atoms with Gasteiger partial charge in [0.25, 0.3) is 5.91 Å². The smallest absolute Gasteiger partial charge is 0.252 e. The molecule has 1 amide bonds. The monoisotopic (exact) mass is 399 g/mol. The molecule has 20 heavy (non-hydrogen) atoms. The molecule has 0 saturated carbocycles. The zero-order valence-corrected chi connectivity index (χ0v) is 13.7. The summed E-state index contributed by atoms with van der Waals surface area (Å²) in [6, 6.07) is 11.9. The lowest BCUT2D eigenvalue weighted by Gasteiger charge is -2.07. The first-order valence-corrected chi connectivity index (χ1v) is 7.88. The fourth-order valence-corrected chi connectivity index (χ4v) is 2.50. The van der Waals surface area contributed by atoms with E-state index in [-0.39, 0.29) is 5.91 Å². The first-order valence-electron chi connectivity index (χ1n) is 5.97. The molecule has 0 spiro atoms. The van der Waals surface area contributed by atoms with Crippen molar-refractivity contribution in [3.8, 4) is 0 Å². The van der Waals surface area contributed by atoms with Crippen LogP contribution in [0.25, 0.3) is 0 Å². The van der Waals surface area contributed by atoms with Crippen LogP contribution < -0.4 is 5.32 Å². The summed E-state index contributed by atoms with van der Waals surface area (Å²) in [7, 11) is 0. The second-order valence-electron chi connectivity index (χ2n) is 4.26. The maximum absolute atomic E-state index is 13.1. The Kier molecular flexibility index (Phi) is 5.31. The highest BCUT2D eigenvalue weighted by molar-refractivity contribution is 9.10. The van der Waals surface area contributed by atoms with Crippen molar-refractivity contribution in [1.82, 2.24) is 5.32 Å². The minimum absolute atomic E-state index is 0.294. The minimum atomic E-state index is -0.431. The fraction of sp³-hybridized carbons (Fsp3) is 0.133. The number of halogens is 3. The summed E-state index contributed by atoms with van der Waals surface area (Å²) < 4.78 is 13.7. The van der Waals surface area contributed by atoms with Crippen LogP contribution in [0.2, 0.25) is 0 Å². The SMILES string of the molecule is O=C(NCc1ccc(CBr)cc1)c1cc(F)ccc1Br. The van der Waals surface area contributed by atoms with Crippen molar-refractivity contribution in [2.45, 2.75) is 11.9 Å². The Labute approximate surface area is 133 Å². The van der Waals surface area contributed by atoms with Crippen LogP contribution in [-0.4, -0.2) is 5.91 Å². The third-order valence-corrected chi connectivity index (χ3v) is 4.14. The van der Waals surface area contributed by atoms with E-state index in [2.05, 4.69) is 37.2 Å². The van der Waals surface area contributed by atoms with E-state index in [1.54, 1.807) is 0 Å². The molecule has 0 aromatic heterocycles. The molecule has 104 valence electrons. The second kappa shape index (κ2) is 6.99. The van der Waals surface area contributed by atoms with Crippen LogP contribution in [0.3, 0.4) is 0 Å². The number of amides is 1. The van der Waals surface area contributed by atoms with E-state index in [0.29, 0.717) is 16.6 Å². The van der Waals surface area contributed by atoms with Crippen LogP contribution in [-0.2, 0) is 11.9 Å². The van der Waals surface area contributed by atoms with Crippen LogP contribution >= 0.6 is 31.9 Å². The summed E-state index contributed by atoms with van der Waals surface area (Å²) in [5.41, 5.74) is 2.46. The van der Waals surface area contributed by atoms with Gasteiger partial charge in [-0.2, -0.15) is 0 Å². The molecule has 5 heteroatoms. The van der Waals surface area contributed by atoms with E-state index in [1.807, 2.05) is 24.3 Å². The highest BCUT2D eigenvalue weighted by atomic mass is 79.9. The summed E-state index contributed by atoms with van der Waals surface area (Å²) in [6.07, 6.45) is 0. The Hall–Kier alpha value is -1.20. The van der Waals surface area contributed by atoms with Crippen LogP contribution in [0.15, 0.2) is 46.9 Å². The Morgan fingerprint density at radius 1 is 1.10 bits per heavy atom. The molecule has 0 unspecified atom stereocenters. The van der Waals surface area contributed by atoms with Gasteiger partial charge in [0.15, 0.2) is 0 Å². The van der Waals surface area contributed by atoms with Gasteiger partial charge in [-0.3, -0.25) is 4.79 Å². The summed E-state index contributed by atoms with van der Waals surface area (Å²) in [5, 5.41) is 3.57. The molecule has 0 heterocycles. The largest absolute Gasteiger partial charge is 0.348 e. The lowest BCUT2D eigenvalue weighted by molar-refractivity contribution is 0.0949. The number of carbonyl (C=O) groups excluding carboxylic acids is 1. The van der Waals surface area contributed by atoms with Crippen molar-refractivity contribution < 1.29 is 9.18 Å². The van der Waals surface area contributed by atoms with Crippen LogP contribution in [0.1, 0.15) is 21.5 Å². The molecule has 0 aliphatic rings. The number of carbonyl (C=O) groups is 1. The van der Waals surface area contributed by atoms with E-state index in [1.165, 1.54) is 23.8 Å². The van der Waals surface area contributed by atoms with E-state index >= 15 is 0 Å². The number of benzene rings is 2. The van der Waals surface area contributed by atoms with Gasteiger partial charge in [0.2, 0.25) is 0 Å². The normalized spacial score (nSPS) is 10.3. The lowest BCUT2D eigenvalue weighted by atomic mass is 10.1. The first-order chi connectivity index (χ1) is 9.60. The van der Waals surface area contributed by atoms with Gasteiger partial charge in [-0.1, -0.05) is 40.2 Å².